The summed E-state index contributed by atoms with van der Waals surface area (Å²) in [4.78, 5) is 11.1. The van der Waals surface area contributed by atoms with E-state index in [1.54, 1.807) is 12.1 Å². The lowest BCUT2D eigenvalue weighted by Gasteiger charge is -2.12. The minimum Gasteiger partial charge on any atom is -0.426 e. The van der Waals surface area contributed by atoms with Crippen molar-refractivity contribution in [3.63, 3.8) is 0 Å². The van der Waals surface area contributed by atoms with Crippen molar-refractivity contribution in [2.45, 2.75) is 18.2 Å². The molecule has 122 valence electrons. The fourth-order valence-electron chi connectivity index (χ4n) is 2.12. The van der Waals surface area contributed by atoms with Crippen molar-refractivity contribution in [3.05, 3.63) is 58.4 Å². The zero-order valence-corrected chi connectivity index (χ0v) is 14.0. The summed E-state index contributed by atoms with van der Waals surface area (Å²) in [5.74, 6) is -0.820. The summed E-state index contributed by atoms with van der Waals surface area (Å²) in [5, 5.41) is 0.0769. The zero-order chi connectivity index (χ0) is 17.2. The van der Waals surface area contributed by atoms with Crippen LogP contribution in [-0.2, 0) is 21.1 Å². The van der Waals surface area contributed by atoms with Gasteiger partial charge in [0.25, 0.3) is 0 Å². The summed E-state index contributed by atoms with van der Waals surface area (Å²) in [5.41, 5.74) is 0.890. The number of esters is 1. The van der Waals surface area contributed by atoms with Gasteiger partial charge in [0.2, 0.25) is 0 Å². The van der Waals surface area contributed by atoms with Gasteiger partial charge in [0.05, 0.1) is 9.92 Å². The molecule has 0 saturated carbocycles. The highest BCUT2D eigenvalue weighted by molar-refractivity contribution is 7.90. The van der Waals surface area contributed by atoms with Gasteiger partial charge in [-0.1, -0.05) is 23.7 Å². The Hall–Kier alpha value is -1.92. The van der Waals surface area contributed by atoms with Gasteiger partial charge in [0, 0.05) is 25.2 Å². The Kier molecular flexibility index (Phi) is 5.06. The average molecular weight is 357 g/mol. The summed E-state index contributed by atoms with van der Waals surface area (Å²) in [7, 11) is -3.48. The molecule has 23 heavy (non-hydrogen) atoms. The highest BCUT2D eigenvalue weighted by Crippen LogP contribution is 2.30. The molecule has 7 heteroatoms. The van der Waals surface area contributed by atoms with Crippen LogP contribution in [0.1, 0.15) is 18.1 Å². The summed E-state index contributed by atoms with van der Waals surface area (Å²) in [6, 6.07) is 8.35. The first kappa shape index (κ1) is 17.4. The quantitative estimate of drug-likeness (QED) is 0.622. The fraction of sp³-hybridized carbons (Fsp3) is 0.188. The summed E-state index contributed by atoms with van der Waals surface area (Å²) in [6.45, 7) is 1.24. The Bertz CT molecular complexity index is 862. The second kappa shape index (κ2) is 6.68. The van der Waals surface area contributed by atoms with E-state index in [-0.39, 0.29) is 22.1 Å². The van der Waals surface area contributed by atoms with Crippen molar-refractivity contribution in [1.82, 2.24) is 0 Å². The Morgan fingerprint density at radius 3 is 2.52 bits per heavy atom. The predicted octanol–water partition coefficient (Wildman–Crippen LogP) is 3.40. The van der Waals surface area contributed by atoms with E-state index in [9.17, 15) is 17.6 Å². The van der Waals surface area contributed by atoms with E-state index in [2.05, 4.69) is 0 Å². The molecule has 4 nitrogen and oxygen atoms in total. The van der Waals surface area contributed by atoms with Crippen LogP contribution in [0.25, 0.3) is 0 Å². The van der Waals surface area contributed by atoms with Gasteiger partial charge in [0.1, 0.15) is 11.6 Å². The molecule has 2 aromatic carbocycles. The third-order valence-electron chi connectivity index (χ3n) is 3.10. The number of halogens is 2. The van der Waals surface area contributed by atoms with Gasteiger partial charge in [-0.05, 0) is 29.8 Å². The predicted molar refractivity (Wildman–Crippen MR) is 85.1 cm³/mol. The van der Waals surface area contributed by atoms with Crippen molar-refractivity contribution in [3.8, 4) is 5.75 Å². The number of carbonyl (C=O) groups is 1. The molecular weight excluding hydrogens is 343 g/mol. The van der Waals surface area contributed by atoms with E-state index < -0.39 is 21.6 Å². The Morgan fingerprint density at radius 2 is 1.91 bits per heavy atom. The van der Waals surface area contributed by atoms with Crippen LogP contribution in [0.2, 0.25) is 5.02 Å². The number of ether oxygens (including phenoxy) is 1. The highest BCUT2D eigenvalue weighted by Gasteiger charge is 2.17. The van der Waals surface area contributed by atoms with E-state index >= 15 is 0 Å². The molecule has 0 N–H and O–H groups in total. The van der Waals surface area contributed by atoms with E-state index in [0.29, 0.717) is 11.1 Å². The van der Waals surface area contributed by atoms with Gasteiger partial charge < -0.3 is 4.74 Å². The number of benzene rings is 2. The normalized spacial score (nSPS) is 11.3. The molecule has 0 bridgehead atoms. The molecule has 0 unspecified atom stereocenters. The fourth-order valence-corrected chi connectivity index (χ4v) is 3.52. The Labute approximate surface area is 138 Å². The van der Waals surface area contributed by atoms with Crippen molar-refractivity contribution in [2.75, 3.05) is 6.26 Å². The lowest BCUT2D eigenvalue weighted by atomic mass is 10.0. The van der Waals surface area contributed by atoms with Gasteiger partial charge in [-0.25, -0.2) is 12.8 Å². The molecular formula is C16H14ClFO4S. The first-order valence-electron chi connectivity index (χ1n) is 6.63. The SMILES string of the molecule is CC(=O)Oc1ccc(F)cc1Cc1cccc(S(C)(=O)=O)c1Cl. The van der Waals surface area contributed by atoms with Gasteiger partial charge in [0.15, 0.2) is 9.84 Å². The van der Waals surface area contributed by atoms with E-state index in [1.165, 1.54) is 31.2 Å². The number of rotatable bonds is 4. The van der Waals surface area contributed by atoms with Crippen molar-refractivity contribution >= 4 is 27.4 Å². The van der Waals surface area contributed by atoms with Crippen LogP contribution in [0, 0.1) is 5.82 Å². The van der Waals surface area contributed by atoms with Crippen molar-refractivity contribution < 1.29 is 22.3 Å². The van der Waals surface area contributed by atoms with Crippen LogP contribution in [0.5, 0.6) is 5.75 Å². The zero-order valence-electron chi connectivity index (χ0n) is 12.5. The van der Waals surface area contributed by atoms with Crippen LogP contribution in [-0.4, -0.2) is 20.6 Å². The molecule has 0 aromatic heterocycles. The molecule has 0 aliphatic heterocycles. The number of carbonyl (C=O) groups excluding carboxylic acids is 1. The highest BCUT2D eigenvalue weighted by atomic mass is 35.5. The molecule has 0 heterocycles. The van der Waals surface area contributed by atoms with Gasteiger partial charge in [-0.3, -0.25) is 4.79 Å². The molecule has 0 fully saturated rings. The monoisotopic (exact) mass is 356 g/mol. The minimum atomic E-state index is -3.48. The van der Waals surface area contributed by atoms with Gasteiger partial charge in [-0.15, -0.1) is 0 Å². The molecule has 0 spiro atoms. The third kappa shape index (κ3) is 4.30. The summed E-state index contributed by atoms with van der Waals surface area (Å²) >= 11 is 6.16. The van der Waals surface area contributed by atoms with Crippen LogP contribution in [0.15, 0.2) is 41.3 Å². The maximum atomic E-state index is 13.5. The third-order valence-corrected chi connectivity index (χ3v) is 4.80. The average Bonchev–Trinajstić information content (AvgIpc) is 2.42. The molecule has 0 aliphatic rings. The van der Waals surface area contributed by atoms with Gasteiger partial charge >= 0.3 is 5.97 Å². The Balaban J connectivity index is 2.48. The molecule has 0 radical (unpaired) electrons. The van der Waals surface area contributed by atoms with Crippen molar-refractivity contribution in [2.24, 2.45) is 0 Å². The van der Waals surface area contributed by atoms with E-state index in [0.717, 1.165) is 6.26 Å². The molecule has 0 saturated heterocycles. The van der Waals surface area contributed by atoms with Crippen molar-refractivity contribution in [1.29, 1.82) is 0 Å². The standard InChI is InChI=1S/C16H14ClFO4S/c1-10(19)22-14-7-6-13(18)9-12(14)8-11-4-3-5-15(16(11)17)23(2,20)21/h3-7,9H,8H2,1-2H3. The minimum absolute atomic E-state index is 0.00195. The van der Waals surface area contributed by atoms with Gasteiger partial charge in [-0.2, -0.15) is 0 Å². The van der Waals surface area contributed by atoms with Crippen LogP contribution in [0.3, 0.4) is 0 Å². The lowest BCUT2D eigenvalue weighted by Crippen LogP contribution is -2.05. The molecule has 0 aliphatic carbocycles. The van der Waals surface area contributed by atoms with E-state index in [1.807, 2.05) is 0 Å². The molecule has 0 amide bonds. The maximum absolute atomic E-state index is 13.5. The molecule has 2 rings (SSSR count). The van der Waals surface area contributed by atoms with Crippen LogP contribution < -0.4 is 4.74 Å². The number of sulfone groups is 1. The number of hydrogen-bond acceptors (Lipinski definition) is 4. The largest absolute Gasteiger partial charge is 0.426 e. The van der Waals surface area contributed by atoms with Crippen LogP contribution >= 0.6 is 11.6 Å². The second-order valence-electron chi connectivity index (χ2n) is 5.02. The maximum Gasteiger partial charge on any atom is 0.308 e. The Morgan fingerprint density at radius 1 is 1.22 bits per heavy atom. The topological polar surface area (TPSA) is 60.4 Å². The second-order valence-corrected chi connectivity index (χ2v) is 7.39. The first-order valence-corrected chi connectivity index (χ1v) is 8.89. The molecule has 2 aromatic rings. The van der Waals surface area contributed by atoms with Crippen LogP contribution in [0.4, 0.5) is 4.39 Å². The lowest BCUT2D eigenvalue weighted by molar-refractivity contribution is -0.131. The summed E-state index contributed by atoms with van der Waals surface area (Å²) < 4.78 is 42.0. The number of hydrogen-bond donors (Lipinski definition) is 0. The summed E-state index contributed by atoms with van der Waals surface area (Å²) in [6.07, 6.45) is 1.19. The van der Waals surface area contributed by atoms with E-state index in [4.69, 9.17) is 16.3 Å². The first-order chi connectivity index (χ1) is 10.7. The smallest absolute Gasteiger partial charge is 0.308 e. The molecule has 0 atom stereocenters.